The lowest BCUT2D eigenvalue weighted by atomic mass is 9.85. The van der Waals surface area contributed by atoms with Gasteiger partial charge in [-0.1, -0.05) is 19.1 Å². The zero-order valence-corrected chi connectivity index (χ0v) is 19.0. The number of carbonyl (C=O) groups is 1. The second kappa shape index (κ2) is 9.45. The van der Waals surface area contributed by atoms with E-state index >= 15 is 0 Å². The van der Waals surface area contributed by atoms with Crippen molar-refractivity contribution < 1.29 is 19.0 Å². The first-order valence-corrected chi connectivity index (χ1v) is 10.9. The molecule has 172 valence electrons. The molecule has 4 aromatic rings. The molecule has 1 aliphatic rings. The molecule has 0 saturated carbocycles. The Kier molecular flexibility index (Phi) is 6.63. The van der Waals surface area contributed by atoms with E-state index in [1.165, 1.54) is 12.1 Å². The number of hydrogen-bond acceptors (Lipinski definition) is 4. The molecular weight excluding hydrogens is 445 g/mol. The van der Waals surface area contributed by atoms with Crippen LogP contribution in [-0.4, -0.2) is 39.5 Å². The number of nitrogens with one attached hydrogen (secondary N) is 1. The molecule has 0 radical (unpaired) electrons. The summed E-state index contributed by atoms with van der Waals surface area (Å²) < 4.78 is 19.3. The summed E-state index contributed by atoms with van der Waals surface area (Å²) in [4.78, 5) is 16.7. The molecule has 0 aliphatic carbocycles. The Hall–Kier alpha value is -3.03. The first-order chi connectivity index (χ1) is 15.5. The SMILES string of the molecule is C[C@H](Cc1nc(C2CCOCC2)c(-c2ccc(F)cc2)c2cc3cn[nH]c3cc12)C(=O)O.Cl. The molecule has 33 heavy (non-hydrogen) atoms. The average Bonchev–Trinajstić information content (AvgIpc) is 3.26. The lowest BCUT2D eigenvalue weighted by molar-refractivity contribution is -0.141. The van der Waals surface area contributed by atoms with E-state index in [0.717, 1.165) is 57.0 Å². The number of aliphatic carboxylic acids is 1. The number of nitrogens with zero attached hydrogens (tertiary/aromatic N) is 2. The summed E-state index contributed by atoms with van der Waals surface area (Å²) >= 11 is 0. The highest BCUT2D eigenvalue weighted by molar-refractivity contribution is 6.05. The van der Waals surface area contributed by atoms with Crippen LogP contribution in [0.2, 0.25) is 0 Å². The quantitative estimate of drug-likeness (QED) is 0.403. The van der Waals surface area contributed by atoms with Crippen molar-refractivity contribution in [2.45, 2.75) is 32.1 Å². The largest absolute Gasteiger partial charge is 0.481 e. The number of fused-ring (bicyclic) bond motifs is 2. The average molecular weight is 470 g/mol. The number of aromatic amines is 1. The Morgan fingerprint density at radius 3 is 2.64 bits per heavy atom. The fraction of sp³-hybridized carbons (Fsp3) is 0.320. The van der Waals surface area contributed by atoms with Crippen molar-refractivity contribution in [3.63, 3.8) is 0 Å². The van der Waals surface area contributed by atoms with Gasteiger partial charge in [0, 0.05) is 47.6 Å². The van der Waals surface area contributed by atoms with Crippen LogP contribution in [0.15, 0.2) is 42.6 Å². The predicted octanol–water partition coefficient (Wildman–Crippen LogP) is 5.50. The second-order valence-corrected chi connectivity index (χ2v) is 8.51. The molecule has 0 amide bonds. The van der Waals surface area contributed by atoms with Gasteiger partial charge in [-0.3, -0.25) is 14.9 Å². The standard InChI is InChI=1S/C25H24FN3O3.ClH/c1-14(25(30)31)10-22-19-12-21-17(13-27-29-21)11-20(19)23(15-2-4-18(26)5-3-15)24(28-22)16-6-8-32-9-7-16;/h2-5,11-14,16H,6-10H2,1H3,(H,27,29)(H,30,31);1H/t14-;/m1./s1. The molecule has 1 fully saturated rings. The molecule has 2 aromatic heterocycles. The summed E-state index contributed by atoms with van der Waals surface area (Å²) in [6, 6.07) is 10.6. The molecule has 0 bridgehead atoms. The first-order valence-electron chi connectivity index (χ1n) is 10.9. The zero-order chi connectivity index (χ0) is 22.2. The molecule has 1 saturated heterocycles. The van der Waals surface area contributed by atoms with Gasteiger partial charge in [0.2, 0.25) is 0 Å². The lowest BCUT2D eigenvalue weighted by Gasteiger charge is -2.26. The van der Waals surface area contributed by atoms with Gasteiger partial charge >= 0.3 is 5.97 Å². The van der Waals surface area contributed by atoms with Gasteiger partial charge in [0.25, 0.3) is 0 Å². The van der Waals surface area contributed by atoms with Crippen LogP contribution in [0, 0.1) is 11.7 Å². The summed E-state index contributed by atoms with van der Waals surface area (Å²) in [6.07, 6.45) is 3.78. The number of rotatable bonds is 5. The number of carboxylic acid groups (broad SMARTS) is 1. The number of pyridine rings is 1. The third-order valence-corrected chi connectivity index (χ3v) is 6.33. The van der Waals surface area contributed by atoms with Gasteiger partial charge in [0.1, 0.15) is 5.82 Å². The minimum atomic E-state index is -0.849. The van der Waals surface area contributed by atoms with Crippen molar-refractivity contribution in [3.8, 4) is 11.1 Å². The maximum atomic E-state index is 13.7. The van der Waals surface area contributed by atoms with Crippen LogP contribution in [0.3, 0.4) is 0 Å². The minimum Gasteiger partial charge on any atom is -0.481 e. The van der Waals surface area contributed by atoms with Crippen LogP contribution in [0.4, 0.5) is 4.39 Å². The summed E-state index contributed by atoms with van der Waals surface area (Å²) in [6.45, 7) is 3.02. The third kappa shape index (κ3) is 4.43. The molecule has 8 heteroatoms. The fourth-order valence-corrected chi connectivity index (χ4v) is 4.56. The molecule has 2 N–H and O–H groups in total. The maximum absolute atomic E-state index is 13.7. The monoisotopic (exact) mass is 469 g/mol. The van der Waals surface area contributed by atoms with Crippen LogP contribution >= 0.6 is 12.4 Å². The number of H-pyrrole nitrogens is 1. The Balaban J connectivity index is 0.00000259. The van der Waals surface area contributed by atoms with Crippen molar-refractivity contribution in [2.24, 2.45) is 5.92 Å². The predicted molar refractivity (Wildman–Crippen MR) is 127 cm³/mol. The van der Waals surface area contributed by atoms with Gasteiger partial charge in [-0.05, 0) is 48.1 Å². The van der Waals surface area contributed by atoms with Crippen molar-refractivity contribution in [2.75, 3.05) is 13.2 Å². The van der Waals surface area contributed by atoms with E-state index in [4.69, 9.17) is 9.72 Å². The van der Waals surface area contributed by atoms with E-state index in [1.54, 1.807) is 25.3 Å². The van der Waals surface area contributed by atoms with Crippen molar-refractivity contribution in [3.05, 3.63) is 59.8 Å². The molecule has 0 unspecified atom stereocenters. The summed E-state index contributed by atoms with van der Waals surface area (Å²) in [5, 5.41) is 19.5. The molecule has 1 atom stereocenters. The van der Waals surface area contributed by atoms with Gasteiger partial charge in [0.15, 0.2) is 0 Å². The van der Waals surface area contributed by atoms with Crippen LogP contribution < -0.4 is 0 Å². The van der Waals surface area contributed by atoms with E-state index in [9.17, 15) is 14.3 Å². The number of ether oxygens (including phenoxy) is 1. The minimum absolute atomic E-state index is 0. The first kappa shape index (κ1) is 23.1. The van der Waals surface area contributed by atoms with Gasteiger partial charge in [-0.25, -0.2) is 4.39 Å². The Labute approximate surface area is 196 Å². The van der Waals surface area contributed by atoms with E-state index < -0.39 is 11.9 Å². The van der Waals surface area contributed by atoms with Crippen LogP contribution in [-0.2, 0) is 16.0 Å². The van der Waals surface area contributed by atoms with Crippen LogP contribution in [0.5, 0.6) is 0 Å². The Morgan fingerprint density at radius 2 is 1.94 bits per heavy atom. The summed E-state index contributed by atoms with van der Waals surface area (Å²) in [7, 11) is 0. The molecule has 6 nitrogen and oxygen atoms in total. The van der Waals surface area contributed by atoms with Crippen molar-refractivity contribution in [1.82, 2.24) is 15.2 Å². The number of hydrogen-bond donors (Lipinski definition) is 2. The molecule has 3 heterocycles. The van der Waals surface area contributed by atoms with E-state index in [0.29, 0.717) is 19.6 Å². The fourth-order valence-electron chi connectivity index (χ4n) is 4.56. The highest BCUT2D eigenvalue weighted by Gasteiger charge is 2.26. The summed E-state index contributed by atoms with van der Waals surface area (Å²) in [5.41, 5.74) is 4.43. The normalized spacial score (nSPS) is 15.5. The molecule has 2 aromatic carbocycles. The summed E-state index contributed by atoms with van der Waals surface area (Å²) in [5.74, 6) is -1.52. The topological polar surface area (TPSA) is 88.1 Å². The Bertz CT molecular complexity index is 1300. The zero-order valence-electron chi connectivity index (χ0n) is 18.2. The van der Waals surface area contributed by atoms with Gasteiger partial charge in [0.05, 0.1) is 23.3 Å². The van der Waals surface area contributed by atoms with Gasteiger partial charge < -0.3 is 9.84 Å². The van der Waals surface area contributed by atoms with Crippen molar-refractivity contribution in [1.29, 1.82) is 0 Å². The highest BCUT2D eigenvalue weighted by Crippen LogP contribution is 2.41. The lowest BCUT2D eigenvalue weighted by Crippen LogP contribution is -2.18. The van der Waals surface area contributed by atoms with Gasteiger partial charge in [-0.15, -0.1) is 12.4 Å². The molecular formula is C25H25ClFN3O3. The Morgan fingerprint density at radius 1 is 1.21 bits per heavy atom. The smallest absolute Gasteiger partial charge is 0.306 e. The van der Waals surface area contributed by atoms with E-state index in [1.807, 2.05) is 6.07 Å². The van der Waals surface area contributed by atoms with Crippen LogP contribution in [0.25, 0.3) is 32.8 Å². The maximum Gasteiger partial charge on any atom is 0.306 e. The van der Waals surface area contributed by atoms with E-state index in [2.05, 4.69) is 16.3 Å². The van der Waals surface area contributed by atoms with Crippen molar-refractivity contribution >= 4 is 40.1 Å². The molecule has 1 aliphatic heterocycles. The molecule has 0 spiro atoms. The number of aromatic nitrogens is 3. The number of carboxylic acids is 1. The van der Waals surface area contributed by atoms with E-state index in [-0.39, 0.29) is 24.1 Å². The highest BCUT2D eigenvalue weighted by atomic mass is 35.5. The van der Waals surface area contributed by atoms with Crippen LogP contribution in [0.1, 0.15) is 37.1 Å². The number of halogens is 2. The second-order valence-electron chi connectivity index (χ2n) is 8.51. The third-order valence-electron chi connectivity index (χ3n) is 6.33. The number of benzene rings is 2. The van der Waals surface area contributed by atoms with Gasteiger partial charge in [-0.2, -0.15) is 5.10 Å². The molecule has 5 rings (SSSR count).